The fourth-order valence-corrected chi connectivity index (χ4v) is 4.93. The number of aryl methyl sites for hydroxylation is 1. The largest absolute Gasteiger partial charge is 0.462 e. The smallest absolute Gasteiger partial charge is 0.341 e. The Bertz CT molecular complexity index is 1270. The van der Waals surface area contributed by atoms with Crippen molar-refractivity contribution < 1.29 is 27.2 Å². The minimum Gasteiger partial charge on any atom is -0.462 e. The number of thiophene rings is 1. The molecule has 0 unspecified atom stereocenters. The van der Waals surface area contributed by atoms with E-state index in [0.717, 1.165) is 28.5 Å². The zero-order chi connectivity index (χ0) is 24.2. The predicted molar refractivity (Wildman–Crippen MR) is 127 cm³/mol. The number of hydrogen-bond donors (Lipinski definition) is 2. The SMILES string of the molecule is CCOC(=O)c1c(NC(=O)CSc2nnc(-c3ccc(NS(C)(=O)=O)cc3)o2)sc(C)c1C. The van der Waals surface area contributed by atoms with Gasteiger partial charge in [0.15, 0.2) is 0 Å². The lowest BCUT2D eigenvalue weighted by Gasteiger charge is -2.06. The third-order valence-corrected chi connectivity index (χ3v) is 6.83. The van der Waals surface area contributed by atoms with Crippen molar-refractivity contribution in [2.45, 2.75) is 26.0 Å². The number of aromatic nitrogens is 2. The van der Waals surface area contributed by atoms with E-state index >= 15 is 0 Å². The van der Waals surface area contributed by atoms with Crippen LogP contribution in [-0.2, 0) is 19.6 Å². The van der Waals surface area contributed by atoms with E-state index in [2.05, 4.69) is 20.2 Å². The van der Waals surface area contributed by atoms with Crippen LogP contribution < -0.4 is 10.0 Å². The van der Waals surface area contributed by atoms with Crippen LogP contribution in [0, 0.1) is 13.8 Å². The number of anilines is 2. The van der Waals surface area contributed by atoms with Crippen molar-refractivity contribution in [1.82, 2.24) is 10.2 Å². The first-order valence-corrected chi connectivity index (χ1v) is 13.4. The van der Waals surface area contributed by atoms with Crippen LogP contribution in [0.15, 0.2) is 33.9 Å². The van der Waals surface area contributed by atoms with Crippen LogP contribution in [0.25, 0.3) is 11.5 Å². The third kappa shape index (κ3) is 6.55. The standard InChI is InChI=1S/C20H22N4O6S3/c1-5-29-19(26)16-11(2)12(3)32-18(16)21-15(25)10-31-20-23-22-17(30-20)13-6-8-14(9-7-13)24-33(4,27)28/h6-9,24H,5,10H2,1-4H3,(H,21,25). The van der Waals surface area contributed by atoms with Crippen molar-refractivity contribution in [2.75, 3.05) is 28.7 Å². The maximum Gasteiger partial charge on any atom is 0.341 e. The molecular formula is C20H22N4O6S3. The monoisotopic (exact) mass is 510 g/mol. The summed E-state index contributed by atoms with van der Waals surface area (Å²) >= 11 is 2.37. The molecule has 0 radical (unpaired) electrons. The normalized spacial score (nSPS) is 11.3. The number of hydrogen-bond acceptors (Lipinski definition) is 10. The molecule has 0 fully saturated rings. The van der Waals surface area contributed by atoms with Gasteiger partial charge in [-0.15, -0.1) is 21.5 Å². The second-order valence-electron chi connectivity index (χ2n) is 6.87. The van der Waals surface area contributed by atoms with Crippen LogP contribution in [0.4, 0.5) is 10.7 Å². The lowest BCUT2D eigenvalue weighted by atomic mass is 10.1. The molecule has 0 saturated carbocycles. The predicted octanol–water partition coefficient (Wildman–Crippen LogP) is 3.69. The van der Waals surface area contributed by atoms with Crippen molar-refractivity contribution in [2.24, 2.45) is 0 Å². The van der Waals surface area contributed by atoms with Crippen LogP contribution in [0.3, 0.4) is 0 Å². The van der Waals surface area contributed by atoms with Gasteiger partial charge in [-0.05, 0) is 50.6 Å². The first-order valence-electron chi connectivity index (χ1n) is 9.69. The molecule has 2 N–H and O–H groups in total. The second-order valence-corrected chi connectivity index (χ2v) is 10.8. The minimum absolute atomic E-state index is 0.00287. The van der Waals surface area contributed by atoms with Crippen LogP contribution >= 0.6 is 23.1 Å². The van der Waals surface area contributed by atoms with Gasteiger partial charge in [0.2, 0.25) is 21.8 Å². The topological polar surface area (TPSA) is 140 Å². The lowest BCUT2D eigenvalue weighted by Crippen LogP contribution is -2.16. The maximum absolute atomic E-state index is 12.4. The summed E-state index contributed by atoms with van der Waals surface area (Å²) in [7, 11) is -3.37. The maximum atomic E-state index is 12.4. The summed E-state index contributed by atoms with van der Waals surface area (Å²) < 4.78 is 35.6. The molecular weight excluding hydrogens is 488 g/mol. The van der Waals surface area contributed by atoms with Gasteiger partial charge in [-0.3, -0.25) is 9.52 Å². The number of esters is 1. The van der Waals surface area contributed by atoms with Gasteiger partial charge in [-0.1, -0.05) is 11.8 Å². The zero-order valence-corrected chi connectivity index (χ0v) is 20.7. The Hall–Kier alpha value is -2.90. The Labute approximate surface area is 199 Å². The van der Waals surface area contributed by atoms with Crippen LogP contribution in [0.5, 0.6) is 0 Å². The van der Waals surface area contributed by atoms with E-state index in [-0.39, 0.29) is 29.4 Å². The van der Waals surface area contributed by atoms with Gasteiger partial charge < -0.3 is 14.5 Å². The fraction of sp³-hybridized carbons (Fsp3) is 0.300. The van der Waals surface area contributed by atoms with Gasteiger partial charge in [0.05, 0.1) is 24.2 Å². The zero-order valence-electron chi connectivity index (χ0n) is 18.3. The summed E-state index contributed by atoms with van der Waals surface area (Å²) in [5.74, 6) is -0.570. The molecule has 33 heavy (non-hydrogen) atoms. The minimum atomic E-state index is -3.37. The van der Waals surface area contributed by atoms with Gasteiger partial charge in [0.25, 0.3) is 5.22 Å². The molecule has 0 saturated heterocycles. The highest BCUT2D eigenvalue weighted by molar-refractivity contribution is 7.99. The van der Waals surface area contributed by atoms with Crippen LogP contribution in [0.2, 0.25) is 0 Å². The molecule has 0 aliphatic heterocycles. The van der Waals surface area contributed by atoms with Crippen molar-refractivity contribution in [3.63, 3.8) is 0 Å². The molecule has 1 aromatic carbocycles. The van der Waals surface area contributed by atoms with Crippen LogP contribution in [0.1, 0.15) is 27.7 Å². The molecule has 0 aliphatic carbocycles. The molecule has 0 aliphatic rings. The van der Waals surface area contributed by atoms with Gasteiger partial charge in [-0.2, -0.15) is 0 Å². The van der Waals surface area contributed by atoms with Gasteiger partial charge in [0, 0.05) is 16.1 Å². The van der Waals surface area contributed by atoms with Crippen molar-refractivity contribution in [3.05, 3.63) is 40.3 Å². The highest BCUT2D eigenvalue weighted by atomic mass is 32.2. The van der Waals surface area contributed by atoms with Crippen molar-refractivity contribution >= 4 is 55.7 Å². The Morgan fingerprint density at radius 2 is 1.88 bits per heavy atom. The molecule has 3 rings (SSSR count). The summed E-state index contributed by atoms with van der Waals surface area (Å²) in [6.07, 6.45) is 1.07. The van der Waals surface area contributed by atoms with Crippen molar-refractivity contribution in [1.29, 1.82) is 0 Å². The van der Waals surface area contributed by atoms with E-state index < -0.39 is 16.0 Å². The van der Waals surface area contributed by atoms with E-state index in [1.165, 1.54) is 11.3 Å². The third-order valence-electron chi connectivity index (χ3n) is 4.29. The van der Waals surface area contributed by atoms with E-state index in [4.69, 9.17) is 9.15 Å². The Morgan fingerprint density at radius 3 is 2.52 bits per heavy atom. The first-order chi connectivity index (χ1) is 15.6. The number of amides is 1. The molecule has 3 aromatic rings. The summed E-state index contributed by atoms with van der Waals surface area (Å²) in [4.78, 5) is 25.6. The number of carbonyl (C=O) groups is 2. The molecule has 0 bridgehead atoms. The highest BCUT2D eigenvalue weighted by Gasteiger charge is 2.22. The molecule has 0 atom stereocenters. The number of nitrogens with zero attached hydrogens (tertiary/aromatic N) is 2. The van der Waals surface area contributed by atoms with Gasteiger partial charge >= 0.3 is 5.97 Å². The quantitative estimate of drug-likeness (QED) is 0.326. The number of rotatable bonds is 9. The Balaban J connectivity index is 1.61. The number of sulfonamides is 1. The number of nitrogens with one attached hydrogen (secondary N) is 2. The van der Waals surface area contributed by atoms with E-state index in [1.54, 1.807) is 31.2 Å². The van der Waals surface area contributed by atoms with E-state index in [9.17, 15) is 18.0 Å². The molecule has 0 spiro atoms. The van der Waals surface area contributed by atoms with Crippen molar-refractivity contribution in [3.8, 4) is 11.5 Å². The molecule has 2 aromatic heterocycles. The van der Waals surface area contributed by atoms with Gasteiger partial charge in [0.1, 0.15) is 5.00 Å². The summed E-state index contributed by atoms with van der Waals surface area (Å²) in [6.45, 7) is 5.65. The summed E-state index contributed by atoms with van der Waals surface area (Å²) in [5.41, 5.74) is 2.15. The molecule has 2 heterocycles. The summed E-state index contributed by atoms with van der Waals surface area (Å²) in [6, 6.07) is 6.43. The second kappa shape index (κ2) is 10.4. The number of ether oxygens (including phenoxy) is 1. The Morgan fingerprint density at radius 1 is 1.18 bits per heavy atom. The molecule has 10 nitrogen and oxygen atoms in total. The summed E-state index contributed by atoms with van der Waals surface area (Å²) in [5, 5.41) is 11.3. The average Bonchev–Trinajstić information content (AvgIpc) is 3.31. The van der Waals surface area contributed by atoms with Gasteiger partial charge in [-0.25, -0.2) is 13.2 Å². The van der Waals surface area contributed by atoms with Crippen LogP contribution in [-0.4, -0.2) is 49.1 Å². The van der Waals surface area contributed by atoms with E-state index in [0.29, 0.717) is 21.8 Å². The molecule has 13 heteroatoms. The highest BCUT2D eigenvalue weighted by Crippen LogP contribution is 2.33. The molecule has 1 amide bonds. The molecule has 176 valence electrons. The number of carbonyl (C=O) groups excluding carboxylic acids is 2. The number of benzene rings is 1. The average molecular weight is 511 g/mol. The fourth-order valence-electron chi connectivity index (χ4n) is 2.73. The lowest BCUT2D eigenvalue weighted by molar-refractivity contribution is -0.113. The first kappa shape index (κ1) is 24.7. The Kier molecular flexibility index (Phi) is 7.76. The number of thioether (sulfide) groups is 1. The van der Waals surface area contributed by atoms with E-state index in [1.807, 2.05) is 13.8 Å².